The van der Waals surface area contributed by atoms with Crippen LogP contribution in [0, 0.1) is 5.92 Å². The van der Waals surface area contributed by atoms with Gasteiger partial charge in [-0.25, -0.2) is 15.0 Å². The molecule has 0 aromatic carbocycles. The molecular formula is C16H20F3N5. The molecule has 0 aliphatic heterocycles. The van der Waals surface area contributed by atoms with Crippen LogP contribution in [0.2, 0.25) is 0 Å². The molecule has 2 aromatic rings. The van der Waals surface area contributed by atoms with E-state index in [2.05, 4.69) is 20.3 Å². The molecule has 2 aliphatic rings. The lowest BCUT2D eigenvalue weighted by atomic mass is 10.00. The van der Waals surface area contributed by atoms with Crippen LogP contribution < -0.4 is 5.32 Å². The molecule has 0 radical (unpaired) electrons. The van der Waals surface area contributed by atoms with Crippen molar-refractivity contribution < 1.29 is 13.2 Å². The topological polar surface area (TPSA) is 55.6 Å². The maximum absolute atomic E-state index is 13.2. The number of hydrogen-bond acceptors (Lipinski definition) is 4. The Morgan fingerprint density at radius 3 is 2.50 bits per heavy atom. The van der Waals surface area contributed by atoms with Crippen LogP contribution in [0.25, 0.3) is 11.2 Å². The number of fused-ring (bicyclic) bond motifs is 1. The number of aromatic nitrogens is 4. The summed E-state index contributed by atoms with van der Waals surface area (Å²) in [5, 5.41) is 3.07. The van der Waals surface area contributed by atoms with E-state index in [1.54, 1.807) is 10.9 Å². The lowest BCUT2D eigenvalue weighted by Crippen LogP contribution is -2.17. The number of hydrogen-bond donors (Lipinski definition) is 1. The first-order valence-corrected chi connectivity index (χ1v) is 8.52. The Balaban J connectivity index is 1.80. The van der Waals surface area contributed by atoms with Crippen molar-refractivity contribution in [2.24, 2.45) is 5.92 Å². The molecule has 0 saturated heterocycles. The van der Waals surface area contributed by atoms with Crippen LogP contribution in [-0.4, -0.2) is 25.6 Å². The largest absolute Gasteiger partial charge is 0.451 e. The average Bonchev–Trinajstić information content (AvgIpc) is 3.04. The second-order valence-corrected chi connectivity index (χ2v) is 6.92. The molecule has 2 aliphatic carbocycles. The summed E-state index contributed by atoms with van der Waals surface area (Å²) in [6.45, 7) is 2.04. The minimum atomic E-state index is -4.57. The highest BCUT2D eigenvalue weighted by Gasteiger charge is 2.37. The first-order valence-electron chi connectivity index (χ1n) is 8.52. The number of imidazole rings is 1. The van der Waals surface area contributed by atoms with Crippen molar-refractivity contribution in [3.05, 3.63) is 12.2 Å². The van der Waals surface area contributed by atoms with E-state index < -0.39 is 12.0 Å². The van der Waals surface area contributed by atoms with Crippen molar-refractivity contribution >= 4 is 17.0 Å². The number of halogens is 3. The predicted molar refractivity (Wildman–Crippen MR) is 83.6 cm³/mol. The van der Waals surface area contributed by atoms with Gasteiger partial charge in [0.2, 0.25) is 5.82 Å². The number of nitrogens with zero attached hydrogens (tertiary/aromatic N) is 4. The number of nitrogens with one attached hydrogen (secondary N) is 1. The molecule has 2 heterocycles. The molecule has 0 spiro atoms. The minimum absolute atomic E-state index is 0.0854. The molecule has 2 fully saturated rings. The van der Waals surface area contributed by atoms with Gasteiger partial charge in [0.15, 0.2) is 11.5 Å². The van der Waals surface area contributed by atoms with Crippen LogP contribution in [-0.2, 0) is 6.18 Å². The molecule has 130 valence electrons. The van der Waals surface area contributed by atoms with Gasteiger partial charge < -0.3 is 9.88 Å². The predicted octanol–water partition coefficient (Wildman–Crippen LogP) is 4.17. The van der Waals surface area contributed by atoms with Crippen molar-refractivity contribution in [3.63, 3.8) is 0 Å². The molecule has 0 bridgehead atoms. The molecule has 1 atom stereocenters. The van der Waals surface area contributed by atoms with Crippen LogP contribution >= 0.6 is 0 Å². The van der Waals surface area contributed by atoms with E-state index in [4.69, 9.17) is 0 Å². The lowest BCUT2D eigenvalue weighted by Gasteiger charge is -2.21. The fourth-order valence-electron chi connectivity index (χ4n) is 3.53. The monoisotopic (exact) mass is 339 g/mol. The highest BCUT2D eigenvalue weighted by atomic mass is 19.4. The Kier molecular flexibility index (Phi) is 3.65. The van der Waals surface area contributed by atoms with Crippen LogP contribution in [0.5, 0.6) is 0 Å². The highest BCUT2D eigenvalue weighted by molar-refractivity contribution is 5.83. The van der Waals surface area contributed by atoms with Gasteiger partial charge in [-0.1, -0.05) is 12.8 Å². The van der Waals surface area contributed by atoms with Gasteiger partial charge >= 0.3 is 6.18 Å². The molecule has 1 unspecified atom stereocenters. The van der Waals surface area contributed by atoms with Crippen LogP contribution in [0.15, 0.2) is 6.33 Å². The fraction of sp³-hybridized carbons (Fsp3) is 0.688. The average molecular weight is 339 g/mol. The summed E-state index contributed by atoms with van der Waals surface area (Å²) < 4.78 is 41.4. The molecule has 0 amide bonds. The standard InChI is InChI=1S/C16H20F3N5/c1-9(10-4-2-3-5-10)24-8-20-12-13(21-11-6-7-11)22-15(16(17,18)19)23-14(12)24/h8-11H,2-7H2,1H3,(H,21,22,23). The summed E-state index contributed by atoms with van der Waals surface area (Å²) in [5.41, 5.74) is 0.708. The Labute approximate surface area is 137 Å². The van der Waals surface area contributed by atoms with Gasteiger partial charge in [-0.2, -0.15) is 13.2 Å². The molecule has 2 aromatic heterocycles. The van der Waals surface area contributed by atoms with E-state index in [-0.39, 0.29) is 23.5 Å². The van der Waals surface area contributed by atoms with Crippen LogP contribution in [0.3, 0.4) is 0 Å². The Morgan fingerprint density at radius 1 is 1.17 bits per heavy atom. The van der Waals surface area contributed by atoms with Crippen molar-refractivity contribution in [1.82, 2.24) is 19.5 Å². The van der Waals surface area contributed by atoms with Crippen molar-refractivity contribution in [3.8, 4) is 0 Å². The normalized spacial score (nSPS) is 20.7. The van der Waals surface area contributed by atoms with Gasteiger partial charge in [0.1, 0.15) is 5.52 Å². The van der Waals surface area contributed by atoms with Crippen LogP contribution in [0.4, 0.5) is 19.0 Å². The zero-order chi connectivity index (χ0) is 16.9. The van der Waals surface area contributed by atoms with E-state index in [0.717, 1.165) is 25.7 Å². The molecule has 8 heteroatoms. The zero-order valence-electron chi connectivity index (χ0n) is 13.5. The first-order chi connectivity index (χ1) is 11.4. The lowest BCUT2D eigenvalue weighted by molar-refractivity contribution is -0.144. The van der Waals surface area contributed by atoms with Gasteiger partial charge in [-0.3, -0.25) is 0 Å². The van der Waals surface area contributed by atoms with E-state index in [1.165, 1.54) is 12.8 Å². The first kappa shape index (κ1) is 15.7. The summed E-state index contributed by atoms with van der Waals surface area (Å²) in [5.74, 6) is -0.433. The number of anilines is 1. The summed E-state index contributed by atoms with van der Waals surface area (Å²) in [4.78, 5) is 11.8. The maximum Gasteiger partial charge on any atom is 0.451 e. The van der Waals surface area contributed by atoms with E-state index >= 15 is 0 Å². The Morgan fingerprint density at radius 2 is 1.88 bits per heavy atom. The van der Waals surface area contributed by atoms with Crippen LogP contribution in [0.1, 0.15) is 57.3 Å². The molecule has 5 nitrogen and oxygen atoms in total. The van der Waals surface area contributed by atoms with Gasteiger partial charge in [0.25, 0.3) is 0 Å². The van der Waals surface area contributed by atoms with Crippen molar-refractivity contribution in [2.75, 3.05) is 5.32 Å². The smallest absolute Gasteiger partial charge is 0.365 e. The van der Waals surface area contributed by atoms with Crippen molar-refractivity contribution in [1.29, 1.82) is 0 Å². The molecular weight excluding hydrogens is 319 g/mol. The molecule has 2 saturated carbocycles. The number of alkyl halides is 3. The zero-order valence-corrected chi connectivity index (χ0v) is 13.5. The van der Waals surface area contributed by atoms with E-state index in [0.29, 0.717) is 11.4 Å². The third kappa shape index (κ3) is 2.82. The van der Waals surface area contributed by atoms with Gasteiger partial charge in [0.05, 0.1) is 6.33 Å². The van der Waals surface area contributed by atoms with E-state index in [9.17, 15) is 13.2 Å². The second kappa shape index (κ2) is 5.60. The molecule has 1 N–H and O–H groups in total. The van der Waals surface area contributed by atoms with Gasteiger partial charge in [-0.05, 0) is 38.5 Å². The Hall–Kier alpha value is -1.86. The maximum atomic E-state index is 13.2. The van der Waals surface area contributed by atoms with Crippen molar-refractivity contribution in [2.45, 2.75) is 63.7 Å². The third-order valence-corrected chi connectivity index (χ3v) is 5.11. The number of rotatable bonds is 4. The summed E-state index contributed by atoms with van der Waals surface area (Å²) >= 11 is 0. The molecule has 24 heavy (non-hydrogen) atoms. The highest BCUT2D eigenvalue weighted by Crippen LogP contribution is 2.37. The van der Waals surface area contributed by atoms with Gasteiger partial charge in [0, 0.05) is 12.1 Å². The Bertz CT molecular complexity index is 744. The summed E-state index contributed by atoms with van der Waals surface area (Å²) in [6.07, 6.45) is 3.51. The van der Waals surface area contributed by atoms with Gasteiger partial charge in [-0.15, -0.1) is 0 Å². The SMILES string of the molecule is CC(C1CCCC1)n1cnc2c(NC3CC3)nc(C(F)(F)F)nc21. The summed E-state index contributed by atoms with van der Waals surface area (Å²) in [6, 6.07) is 0.281. The minimum Gasteiger partial charge on any atom is -0.365 e. The quantitative estimate of drug-likeness (QED) is 0.908. The van der Waals surface area contributed by atoms with E-state index in [1.807, 2.05) is 6.92 Å². The third-order valence-electron chi connectivity index (χ3n) is 5.11. The summed E-state index contributed by atoms with van der Waals surface area (Å²) in [7, 11) is 0. The second-order valence-electron chi connectivity index (χ2n) is 6.92. The molecule has 4 rings (SSSR count). The fourth-order valence-corrected chi connectivity index (χ4v) is 3.53.